The molecule has 0 fully saturated rings. The summed E-state index contributed by atoms with van der Waals surface area (Å²) in [6.07, 6.45) is 4.85. The molecule has 3 aromatic rings. The van der Waals surface area contributed by atoms with Gasteiger partial charge in [0.15, 0.2) is 0 Å². The Morgan fingerprint density at radius 3 is 2.52 bits per heavy atom. The van der Waals surface area contributed by atoms with Crippen LogP contribution in [0.15, 0.2) is 67.0 Å². The Kier molecular flexibility index (Phi) is 3.48. The Bertz CT molecular complexity index is 823. The van der Waals surface area contributed by atoms with Crippen molar-refractivity contribution >= 4 is 28.4 Å². The maximum atomic E-state index is 11.5. The van der Waals surface area contributed by atoms with Gasteiger partial charge in [-0.05, 0) is 34.5 Å². The van der Waals surface area contributed by atoms with Gasteiger partial charge in [-0.3, -0.25) is 4.98 Å². The zero-order valence-electron chi connectivity index (χ0n) is 11.2. The summed E-state index contributed by atoms with van der Waals surface area (Å²) in [7, 11) is 0. The molecular formula is C18H13NO2. The van der Waals surface area contributed by atoms with E-state index in [9.17, 15) is 9.90 Å². The van der Waals surface area contributed by atoms with Crippen LogP contribution in [0.5, 0.6) is 0 Å². The third kappa shape index (κ3) is 2.82. The number of benzene rings is 2. The van der Waals surface area contributed by atoms with Crippen molar-refractivity contribution in [2.24, 2.45) is 0 Å². The van der Waals surface area contributed by atoms with Crippen LogP contribution in [0, 0.1) is 0 Å². The maximum Gasteiger partial charge on any atom is 0.336 e. The molecule has 3 rings (SSSR count). The van der Waals surface area contributed by atoms with E-state index in [1.165, 1.54) is 0 Å². The molecule has 0 spiro atoms. The summed E-state index contributed by atoms with van der Waals surface area (Å²) in [5.41, 5.74) is 1.69. The molecule has 1 N–H and O–H groups in total. The van der Waals surface area contributed by atoms with E-state index in [0.717, 1.165) is 16.3 Å². The van der Waals surface area contributed by atoms with Gasteiger partial charge in [-0.25, -0.2) is 4.79 Å². The summed E-state index contributed by atoms with van der Waals surface area (Å²) in [5.74, 6) is -0.962. The normalized spacial score (nSPS) is 11.5. The molecule has 3 heteroatoms. The Morgan fingerprint density at radius 2 is 1.81 bits per heavy atom. The lowest BCUT2D eigenvalue weighted by Crippen LogP contribution is -1.99. The molecule has 0 radical (unpaired) electrons. The summed E-state index contributed by atoms with van der Waals surface area (Å²) >= 11 is 0. The first-order valence-electron chi connectivity index (χ1n) is 6.58. The molecule has 102 valence electrons. The van der Waals surface area contributed by atoms with Crippen molar-refractivity contribution in [2.75, 3.05) is 0 Å². The molecule has 1 aromatic heterocycles. The number of aliphatic carboxylic acids is 1. The fourth-order valence-corrected chi connectivity index (χ4v) is 2.25. The van der Waals surface area contributed by atoms with Crippen LogP contribution in [-0.4, -0.2) is 16.1 Å². The van der Waals surface area contributed by atoms with Gasteiger partial charge in [-0.1, -0.05) is 42.5 Å². The molecule has 3 nitrogen and oxygen atoms in total. The van der Waals surface area contributed by atoms with Crippen molar-refractivity contribution in [1.29, 1.82) is 0 Å². The predicted molar refractivity (Wildman–Crippen MR) is 83.7 cm³/mol. The minimum atomic E-state index is -0.962. The highest BCUT2D eigenvalue weighted by atomic mass is 16.4. The third-order valence-corrected chi connectivity index (χ3v) is 3.29. The maximum absolute atomic E-state index is 11.5. The number of rotatable bonds is 3. The van der Waals surface area contributed by atoms with Gasteiger partial charge in [-0.15, -0.1) is 0 Å². The molecular weight excluding hydrogens is 262 g/mol. The monoisotopic (exact) mass is 275 g/mol. The van der Waals surface area contributed by atoms with Gasteiger partial charge in [0.25, 0.3) is 0 Å². The summed E-state index contributed by atoms with van der Waals surface area (Å²) in [6.45, 7) is 0. The first-order chi connectivity index (χ1) is 10.2. The number of hydrogen-bond donors (Lipinski definition) is 1. The number of carboxylic acids is 1. The standard InChI is InChI=1S/C18H13NO2/c20-18(21)17(16-6-3-9-19-12-16)11-13-7-8-14-4-1-2-5-15(14)10-13/h1-12H,(H,20,21)/b17-11+. The lowest BCUT2D eigenvalue weighted by molar-refractivity contribution is -0.130. The van der Waals surface area contributed by atoms with Crippen LogP contribution in [0.1, 0.15) is 11.1 Å². The number of carbonyl (C=O) groups is 1. The van der Waals surface area contributed by atoms with Gasteiger partial charge >= 0.3 is 5.97 Å². The molecule has 0 unspecified atom stereocenters. The third-order valence-electron chi connectivity index (χ3n) is 3.29. The zero-order valence-corrected chi connectivity index (χ0v) is 11.2. The van der Waals surface area contributed by atoms with E-state index in [1.54, 1.807) is 30.6 Å². The van der Waals surface area contributed by atoms with E-state index in [-0.39, 0.29) is 5.57 Å². The second kappa shape index (κ2) is 5.59. The number of carboxylic acid groups (broad SMARTS) is 1. The molecule has 0 aliphatic rings. The highest BCUT2D eigenvalue weighted by molar-refractivity contribution is 6.20. The summed E-state index contributed by atoms with van der Waals surface area (Å²) in [6, 6.07) is 17.4. The van der Waals surface area contributed by atoms with E-state index in [0.29, 0.717) is 5.56 Å². The quantitative estimate of drug-likeness (QED) is 0.738. The average molecular weight is 275 g/mol. The topological polar surface area (TPSA) is 50.2 Å². The van der Waals surface area contributed by atoms with Crippen molar-refractivity contribution in [1.82, 2.24) is 4.98 Å². The van der Waals surface area contributed by atoms with Gasteiger partial charge in [0, 0.05) is 18.0 Å². The second-order valence-electron chi connectivity index (χ2n) is 4.71. The van der Waals surface area contributed by atoms with E-state index in [4.69, 9.17) is 0 Å². The van der Waals surface area contributed by atoms with Crippen LogP contribution < -0.4 is 0 Å². The molecule has 0 aliphatic carbocycles. The highest BCUT2D eigenvalue weighted by Crippen LogP contribution is 2.21. The Hall–Kier alpha value is -2.94. The van der Waals surface area contributed by atoms with Crippen molar-refractivity contribution in [3.05, 3.63) is 78.1 Å². The Morgan fingerprint density at radius 1 is 1.00 bits per heavy atom. The largest absolute Gasteiger partial charge is 0.478 e. The minimum absolute atomic E-state index is 0.235. The SMILES string of the molecule is O=C(O)/C(=C/c1ccc2ccccc2c1)c1cccnc1. The summed E-state index contributed by atoms with van der Waals surface area (Å²) in [5, 5.41) is 11.6. The molecule has 0 saturated carbocycles. The number of aromatic nitrogens is 1. The molecule has 0 bridgehead atoms. The van der Waals surface area contributed by atoms with Crippen molar-refractivity contribution in [3.8, 4) is 0 Å². The van der Waals surface area contributed by atoms with Gasteiger partial charge in [0.1, 0.15) is 0 Å². The van der Waals surface area contributed by atoms with Crippen LogP contribution in [0.25, 0.3) is 22.4 Å². The van der Waals surface area contributed by atoms with Gasteiger partial charge in [0.05, 0.1) is 5.57 Å². The van der Waals surface area contributed by atoms with Crippen LogP contribution in [0.4, 0.5) is 0 Å². The van der Waals surface area contributed by atoms with Crippen molar-refractivity contribution < 1.29 is 9.90 Å². The van der Waals surface area contributed by atoms with Gasteiger partial charge in [0.2, 0.25) is 0 Å². The first-order valence-corrected chi connectivity index (χ1v) is 6.58. The smallest absolute Gasteiger partial charge is 0.336 e. The summed E-state index contributed by atoms with van der Waals surface area (Å²) in [4.78, 5) is 15.4. The van der Waals surface area contributed by atoms with E-state index in [2.05, 4.69) is 4.98 Å². The fraction of sp³-hybridized carbons (Fsp3) is 0. The Labute approximate surface area is 122 Å². The van der Waals surface area contributed by atoms with Crippen LogP contribution in [0.2, 0.25) is 0 Å². The van der Waals surface area contributed by atoms with Crippen molar-refractivity contribution in [3.63, 3.8) is 0 Å². The average Bonchev–Trinajstić information content (AvgIpc) is 2.53. The predicted octanol–water partition coefficient (Wildman–Crippen LogP) is 3.86. The molecule has 1 heterocycles. The molecule has 0 aliphatic heterocycles. The lowest BCUT2D eigenvalue weighted by atomic mass is 10.0. The van der Waals surface area contributed by atoms with Crippen LogP contribution in [-0.2, 0) is 4.79 Å². The van der Waals surface area contributed by atoms with Gasteiger partial charge in [-0.2, -0.15) is 0 Å². The number of fused-ring (bicyclic) bond motifs is 1. The molecule has 21 heavy (non-hydrogen) atoms. The molecule has 0 atom stereocenters. The second-order valence-corrected chi connectivity index (χ2v) is 4.71. The number of pyridine rings is 1. The zero-order chi connectivity index (χ0) is 14.7. The molecule has 0 amide bonds. The Balaban J connectivity index is 2.09. The van der Waals surface area contributed by atoms with E-state index in [1.807, 2.05) is 42.5 Å². The highest BCUT2D eigenvalue weighted by Gasteiger charge is 2.10. The number of nitrogens with zero attached hydrogens (tertiary/aromatic N) is 1. The fourth-order valence-electron chi connectivity index (χ4n) is 2.25. The van der Waals surface area contributed by atoms with Crippen molar-refractivity contribution in [2.45, 2.75) is 0 Å². The van der Waals surface area contributed by atoms with E-state index < -0.39 is 5.97 Å². The lowest BCUT2D eigenvalue weighted by Gasteiger charge is -2.04. The van der Waals surface area contributed by atoms with Crippen LogP contribution in [0.3, 0.4) is 0 Å². The molecule has 2 aromatic carbocycles. The van der Waals surface area contributed by atoms with Crippen LogP contribution >= 0.6 is 0 Å². The summed E-state index contributed by atoms with van der Waals surface area (Å²) < 4.78 is 0. The van der Waals surface area contributed by atoms with Gasteiger partial charge < -0.3 is 5.11 Å². The minimum Gasteiger partial charge on any atom is -0.478 e. The van der Waals surface area contributed by atoms with E-state index >= 15 is 0 Å². The number of hydrogen-bond acceptors (Lipinski definition) is 2. The molecule has 0 saturated heterocycles. The first kappa shape index (κ1) is 13.1.